The van der Waals surface area contributed by atoms with Crippen LogP contribution in [-0.2, 0) is 18.4 Å². The molecule has 0 aromatic carbocycles. The quantitative estimate of drug-likeness (QED) is 0.781. The number of aromatic nitrogens is 2. The number of amides is 1. The molecule has 16 heavy (non-hydrogen) atoms. The summed E-state index contributed by atoms with van der Waals surface area (Å²) in [7, 11) is 1.84. The highest BCUT2D eigenvalue weighted by Gasteiger charge is 2.27. The van der Waals surface area contributed by atoms with E-state index in [1.807, 2.05) is 34.0 Å². The number of aryl methyl sites for hydroxylation is 1. The van der Waals surface area contributed by atoms with Crippen molar-refractivity contribution < 1.29 is 4.79 Å². The molecule has 5 heteroatoms. The van der Waals surface area contributed by atoms with Gasteiger partial charge in [0.05, 0.1) is 12.2 Å². The molecular formula is C11H20N4O. The molecule has 1 aromatic heterocycles. The third-order valence-corrected chi connectivity index (χ3v) is 2.44. The van der Waals surface area contributed by atoms with Gasteiger partial charge in [-0.1, -0.05) is 20.8 Å². The normalized spacial score (nSPS) is 13.6. The summed E-state index contributed by atoms with van der Waals surface area (Å²) in [6.45, 7) is 6.31. The van der Waals surface area contributed by atoms with E-state index >= 15 is 0 Å². The van der Waals surface area contributed by atoms with Gasteiger partial charge in [0, 0.05) is 25.4 Å². The summed E-state index contributed by atoms with van der Waals surface area (Å²) in [5, 5.41) is 6.82. The molecular weight excluding hydrogens is 204 g/mol. The molecule has 0 unspecified atom stereocenters. The summed E-state index contributed by atoms with van der Waals surface area (Å²) in [6.07, 6.45) is 3.59. The second-order valence-corrected chi connectivity index (χ2v) is 5.08. The van der Waals surface area contributed by atoms with E-state index < -0.39 is 6.04 Å². The van der Waals surface area contributed by atoms with Crippen LogP contribution in [0.3, 0.4) is 0 Å². The van der Waals surface area contributed by atoms with Gasteiger partial charge in [-0.05, 0) is 5.41 Å². The van der Waals surface area contributed by atoms with Crippen molar-refractivity contribution in [3.63, 3.8) is 0 Å². The highest BCUT2D eigenvalue weighted by atomic mass is 16.2. The summed E-state index contributed by atoms with van der Waals surface area (Å²) in [6, 6.07) is -0.496. The largest absolute Gasteiger partial charge is 0.351 e. The lowest BCUT2D eigenvalue weighted by atomic mass is 9.87. The van der Waals surface area contributed by atoms with Crippen molar-refractivity contribution in [3.8, 4) is 0 Å². The van der Waals surface area contributed by atoms with Gasteiger partial charge in [0.1, 0.15) is 0 Å². The Bertz CT molecular complexity index is 364. The third-order valence-electron chi connectivity index (χ3n) is 2.44. The summed E-state index contributed by atoms with van der Waals surface area (Å²) in [4.78, 5) is 11.7. The van der Waals surface area contributed by atoms with Gasteiger partial charge >= 0.3 is 0 Å². The average Bonchev–Trinajstić information content (AvgIpc) is 2.58. The molecule has 0 aliphatic carbocycles. The van der Waals surface area contributed by atoms with Gasteiger partial charge in [0.2, 0.25) is 5.91 Å². The minimum Gasteiger partial charge on any atom is -0.351 e. The zero-order chi connectivity index (χ0) is 12.3. The predicted molar refractivity (Wildman–Crippen MR) is 62.5 cm³/mol. The number of hydrogen-bond acceptors (Lipinski definition) is 3. The van der Waals surface area contributed by atoms with E-state index in [2.05, 4.69) is 10.4 Å². The highest BCUT2D eigenvalue weighted by Crippen LogP contribution is 2.17. The second kappa shape index (κ2) is 4.65. The molecule has 5 nitrogen and oxygen atoms in total. The van der Waals surface area contributed by atoms with E-state index in [0.717, 1.165) is 5.56 Å². The minimum atomic E-state index is -0.496. The SMILES string of the molecule is Cn1cc(CNC(=O)[C@H](N)C(C)(C)C)cn1. The number of carbonyl (C=O) groups excluding carboxylic acids is 1. The van der Waals surface area contributed by atoms with Gasteiger partial charge in [-0.2, -0.15) is 5.10 Å². The maximum Gasteiger partial charge on any atom is 0.237 e. The summed E-state index contributed by atoms with van der Waals surface area (Å²) in [5.74, 6) is -0.128. The highest BCUT2D eigenvalue weighted by molar-refractivity contribution is 5.82. The van der Waals surface area contributed by atoms with E-state index in [9.17, 15) is 4.79 Å². The number of nitrogens with two attached hydrogens (primary N) is 1. The zero-order valence-electron chi connectivity index (χ0n) is 10.3. The molecule has 0 saturated heterocycles. The summed E-state index contributed by atoms with van der Waals surface area (Å²) in [5.41, 5.74) is 6.58. The van der Waals surface area contributed by atoms with Crippen molar-refractivity contribution in [2.75, 3.05) is 0 Å². The third kappa shape index (κ3) is 3.34. The Labute approximate surface area is 96.0 Å². The van der Waals surface area contributed by atoms with Crippen LogP contribution < -0.4 is 11.1 Å². The maximum absolute atomic E-state index is 11.7. The Hall–Kier alpha value is -1.36. The maximum atomic E-state index is 11.7. The first-order valence-electron chi connectivity index (χ1n) is 5.31. The van der Waals surface area contributed by atoms with Crippen LogP contribution in [0.4, 0.5) is 0 Å². The fourth-order valence-corrected chi connectivity index (χ4v) is 1.26. The number of nitrogens with one attached hydrogen (secondary N) is 1. The first kappa shape index (κ1) is 12.7. The van der Waals surface area contributed by atoms with E-state index in [1.165, 1.54) is 0 Å². The fourth-order valence-electron chi connectivity index (χ4n) is 1.26. The van der Waals surface area contributed by atoms with Crippen molar-refractivity contribution in [1.29, 1.82) is 0 Å². The van der Waals surface area contributed by atoms with Gasteiger partial charge in [-0.25, -0.2) is 0 Å². The Morgan fingerprint density at radius 3 is 2.69 bits per heavy atom. The average molecular weight is 224 g/mol. The van der Waals surface area contributed by atoms with Crippen molar-refractivity contribution in [1.82, 2.24) is 15.1 Å². The van der Waals surface area contributed by atoms with E-state index in [0.29, 0.717) is 6.54 Å². The van der Waals surface area contributed by atoms with Crippen LogP contribution in [0.1, 0.15) is 26.3 Å². The standard InChI is InChI=1S/C11H20N4O/c1-11(2,3)9(12)10(16)13-5-8-6-14-15(4)7-8/h6-7,9H,5,12H2,1-4H3,(H,13,16)/t9-/m0/s1. The lowest BCUT2D eigenvalue weighted by Gasteiger charge is -2.25. The zero-order valence-corrected chi connectivity index (χ0v) is 10.3. The number of carbonyl (C=O) groups is 1. The predicted octanol–water partition coefficient (Wildman–Crippen LogP) is 0.410. The van der Waals surface area contributed by atoms with Crippen LogP contribution in [0, 0.1) is 5.41 Å². The summed E-state index contributed by atoms with van der Waals surface area (Å²) < 4.78 is 1.70. The Balaban J connectivity index is 2.47. The first-order chi connectivity index (χ1) is 7.30. The van der Waals surface area contributed by atoms with Gasteiger partial charge in [-0.3, -0.25) is 9.48 Å². The second-order valence-electron chi connectivity index (χ2n) is 5.08. The number of nitrogens with zero attached hydrogens (tertiary/aromatic N) is 2. The van der Waals surface area contributed by atoms with Gasteiger partial charge in [-0.15, -0.1) is 0 Å². The van der Waals surface area contributed by atoms with E-state index in [-0.39, 0.29) is 11.3 Å². The molecule has 0 aliphatic heterocycles. The Morgan fingerprint density at radius 2 is 2.25 bits per heavy atom. The monoisotopic (exact) mass is 224 g/mol. The molecule has 90 valence electrons. The fraction of sp³-hybridized carbons (Fsp3) is 0.636. The van der Waals surface area contributed by atoms with E-state index in [4.69, 9.17) is 5.73 Å². The van der Waals surface area contributed by atoms with Crippen LogP contribution >= 0.6 is 0 Å². The molecule has 1 atom stereocenters. The molecule has 0 aliphatic rings. The lowest BCUT2D eigenvalue weighted by Crippen LogP contribution is -2.48. The van der Waals surface area contributed by atoms with E-state index in [1.54, 1.807) is 10.9 Å². The smallest absolute Gasteiger partial charge is 0.237 e. The number of rotatable bonds is 3. The molecule has 0 bridgehead atoms. The van der Waals surface area contributed by atoms with Crippen molar-refractivity contribution >= 4 is 5.91 Å². The summed E-state index contributed by atoms with van der Waals surface area (Å²) >= 11 is 0. The molecule has 1 amide bonds. The topological polar surface area (TPSA) is 72.9 Å². The molecule has 1 aromatic rings. The molecule has 1 rings (SSSR count). The molecule has 0 fully saturated rings. The Morgan fingerprint density at radius 1 is 1.62 bits per heavy atom. The molecule has 0 radical (unpaired) electrons. The molecule has 3 N–H and O–H groups in total. The Kier molecular flexibility index (Phi) is 3.70. The van der Waals surface area contributed by atoms with Crippen molar-refractivity contribution in [2.45, 2.75) is 33.4 Å². The van der Waals surface area contributed by atoms with Crippen LogP contribution in [0.2, 0.25) is 0 Å². The minimum absolute atomic E-state index is 0.128. The molecule has 0 spiro atoms. The van der Waals surface area contributed by atoms with Gasteiger partial charge < -0.3 is 11.1 Å². The van der Waals surface area contributed by atoms with Crippen molar-refractivity contribution in [3.05, 3.63) is 18.0 Å². The number of hydrogen-bond donors (Lipinski definition) is 2. The van der Waals surface area contributed by atoms with Crippen LogP contribution in [0.15, 0.2) is 12.4 Å². The van der Waals surface area contributed by atoms with Crippen LogP contribution in [-0.4, -0.2) is 21.7 Å². The van der Waals surface area contributed by atoms with Gasteiger partial charge in [0.25, 0.3) is 0 Å². The molecule has 0 saturated carbocycles. The van der Waals surface area contributed by atoms with Crippen LogP contribution in [0.5, 0.6) is 0 Å². The van der Waals surface area contributed by atoms with Crippen molar-refractivity contribution in [2.24, 2.45) is 18.2 Å². The molecule has 1 heterocycles. The lowest BCUT2D eigenvalue weighted by molar-refractivity contribution is -0.124. The van der Waals surface area contributed by atoms with Gasteiger partial charge in [0.15, 0.2) is 0 Å². The van der Waals surface area contributed by atoms with Crippen LogP contribution in [0.25, 0.3) is 0 Å². The first-order valence-corrected chi connectivity index (χ1v) is 5.31.